The molecule has 3 aromatic rings. The molecule has 1 saturated carbocycles. The van der Waals surface area contributed by atoms with Gasteiger partial charge in [-0.15, -0.1) is 0 Å². The first-order chi connectivity index (χ1) is 18.1. The van der Waals surface area contributed by atoms with Crippen molar-refractivity contribution < 1.29 is 23.6 Å². The summed E-state index contributed by atoms with van der Waals surface area (Å²) in [5, 5.41) is 6.81. The van der Waals surface area contributed by atoms with Crippen molar-refractivity contribution in [3.63, 3.8) is 0 Å². The highest BCUT2D eigenvalue weighted by Crippen LogP contribution is 2.32. The van der Waals surface area contributed by atoms with Crippen molar-refractivity contribution in [3.05, 3.63) is 77.2 Å². The molecule has 2 heterocycles. The fraction of sp³-hybridized carbons (Fsp3) is 0.414. The standard InChI is InChI=1S/C29H33N3O5/c33-28(13-11-21-8-4-5-9-21)32(15-14-22-6-2-1-3-7-22)19-24-17-25(31-37-24)29(34)30-18-23-10-12-26-27(16-23)36-20-35-26/h1-3,6-7,10,12,16-17,21H,4-5,8-9,11,13-15,18-20H2,(H,30,34). The number of nitrogens with one attached hydrogen (secondary N) is 1. The molecule has 8 nitrogen and oxygen atoms in total. The zero-order valence-corrected chi connectivity index (χ0v) is 21.0. The Morgan fingerprint density at radius 2 is 1.78 bits per heavy atom. The van der Waals surface area contributed by atoms with Crippen molar-refractivity contribution in [2.75, 3.05) is 13.3 Å². The van der Waals surface area contributed by atoms with Crippen LogP contribution in [0.2, 0.25) is 0 Å². The summed E-state index contributed by atoms with van der Waals surface area (Å²) in [6.45, 7) is 1.40. The topological polar surface area (TPSA) is 93.9 Å². The van der Waals surface area contributed by atoms with Gasteiger partial charge in [-0.05, 0) is 42.0 Å². The maximum Gasteiger partial charge on any atom is 0.273 e. The van der Waals surface area contributed by atoms with Crippen molar-refractivity contribution in [2.45, 2.75) is 58.0 Å². The molecule has 37 heavy (non-hydrogen) atoms. The number of rotatable bonds is 11. The molecule has 1 aromatic heterocycles. The van der Waals surface area contributed by atoms with Crippen LogP contribution in [0.1, 0.15) is 65.9 Å². The van der Waals surface area contributed by atoms with Crippen LogP contribution < -0.4 is 14.8 Å². The van der Waals surface area contributed by atoms with Crippen LogP contribution in [-0.2, 0) is 24.3 Å². The van der Waals surface area contributed by atoms with E-state index in [2.05, 4.69) is 22.6 Å². The number of benzene rings is 2. The first-order valence-electron chi connectivity index (χ1n) is 13.1. The summed E-state index contributed by atoms with van der Waals surface area (Å²) < 4.78 is 16.2. The molecular formula is C29H33N3O5. The third kappa shape index (κ3) is 6.70. The number of aromatic nitrogens is 1. The minimum atomic E-state index is -0.337. The minimum absolute atomic E-state index is 0.119. The zero-order valence-electron chi connectivity index (χ0n) is 21.0. The van der Waals surface area contributed by atoms with Crippen LogP contribution in [0.4, 0.5) is 0 Å². The molecule has 5 rings (SSSR count). The van der Waals surface area contributed by atoms with E-state index in [1.165, 1.54) is 31.2 Å². The predicted molar refractivity (Wildman–Crippen MR) is 137 cm³/mol. The lowest BCUT2D eigenvalue weighted by molar-refractivity contribution is -0.132. The number of hydrogen-bond acceptors (Lipinski definition) is 6. The van der Waals surface area contributed by atoms with Gasteiger partial charge in [-0.2, -0.15) is 0 Å². The normalized spacial score (nSPS) is 14.6. The average molecular weight is 504 g/mol. The first kappa shape index (κ1) is 24.9. The Labute approximate surface area is 216 Å². The molecule has 8 heteroatoms. The fourth-order valence-corrected chi connectivity index (χ4v) is 4.99. The van der Waals surface area contributed by atoms with Gasteiger partial charge in [0.25, 0.3) is 5.91 Å². The monoisotopic (exact) mass is 503 g/mol. The molecule has 0 unspecified atom stereocenters. The van der Waals surface area contributed by atoms with Gasteiger partial charge < -0.3 is 24.2 Å². The van der Waals surface area contributed by atoms with Gasteiger partial charge in [-0.1, -0.05) is 67.2 Å². The summed E-state index contributed by atoms with van der Waals surface area (Å²) in [6.07, 6.45) is 7.23. The summed E-state index contributed by atoms with van der Waals surface area (Å²) in [7, 11) is 0. The minimum Gasteiger partial charge on any atom is -0.454 e. The van der Waals surface area contributed by atoms with E-state index < -0.39 is 0 Å². The lowest BCUT2D eigenvalue weighted by Crippen LogP contribution is -2.32. The number of carbonyl (C=O) groups excluding carboxylic acids is 2. The van der Waals surface area contributed by atoms with Crippen LogP contribution in [0.5, 0.6) is 11.5 Å². The van der Waals surface area contributed by atoms with Crippen molar-refractivity contribution in [1.29, 1.82) is 0 Å². The van der Waals surface area contributed by atoms with Gasteiger partial charge in [0.15, 0.2) is 23.0 Å². The molecule has 0 saturated heterocycles. The Hall–Kier alpha value is -3.81. The van der Waals surface area contributed by atoms with Gasteiger partial charge in [0.1, 0.15) is 0 Å². The van der Waals surface area contributed by atoms with E-state index in [0.29, 0.717) is 49.2 Å². The number of amides is 2. The number of ether oxygens (including phenoxy) is 2. The molecule has 2 aromatic carbocycles. The van der Waals surface area contributed by atoms with Gasteiger partial charge in [0.05, 0.1) is 6.54 Å². The summed E-state index contributed by atoms with van der Waals surface area (Å²) >= 11 is 0. The first-order valence-corrected chi connectivity index (χ1v) is 13.1. The molecule has 0 radical (unpaired) electrons. The molecule has 1 fully saturated rings. The van der Waals surface area contributed by atoms with Crippen molar-refractivity contribution in [2.24, 2.45) is 5.92 Å². The SMILES string of the molecule is O=C(NCc1ccc2c(c1)OCO2)c1cc(CN(CCc2ccccc2)C(=O)CCC2CCCC2)on1. The Balaban J connectivity index is 1.18. The summed E-state index contributed by atoms with van der Waals surface area (Å²) in [5.74, 6) is 2.30. The van der Waals surface area contributed by atoms with Crippen molar-refractivity contribution in [3.8, 4) is 11.5 Å². The van der Waals surface area contributed by atoms with Crippen molar-refractivity contribution in [1.82, 2.24) is 15.4 Å². The highest BCUT2D eigenvalue weighted by Gasteiger charge is 2.22. The summed E-state index contributed by atoms with van der Waals surface area (Å²) in [4.78, 5) is 27.7. The van der Waals surface area contributed by atoms with E-state index in [1.807, 2.05) is 41.3 Å². The number of hydrogen-bond donors (Lipinski definition) is 1. The second-order valence-corrected chi connectivity index (χ2v) is 9.79. The quantitative estimate of drug-likeness (QED) is 0.401. The van der Waals surface area contributed by atoms with Crippen LogP contribution in [0.15, 0.2) is 59.1 Å². The van der Waals surface area contributed by atoms with Crippen LogP contribution in [0.25, 0.3) is 0 Å². The van der Waals surface area contributed by atoms with Gasteiger partial charge in [0, 0.05) is 25.6 Å². The Bertz CT molecular complexity index is 1200. The van der Waals surface area contributed by atoms with Crippen LogP contribution in [0.3, 0.4) is 0 Å². The summed E-state index contributed by atoms with van der Waals surface area (Å²) in [5.41, 5.74) is 2.26. The van der Waals surface area contributed by atoms with E-state index in [9.17, 15) is 9.59 Å². The lowest BCUT2D eigenvalue weighted by atomic mass is 10.0. The fourth-order valence-electron chi connectivity index (χ4n) is 4.99. The molecule has 0 spiro atoms. The van der Waals surface area contributed by atoms with Gasteiger partial charge in [0.2, 0.25) is 12.7 Å². The largest absolute Gasteiger partial charge is 0.454 e. The molecular weight excluding hydrogens is 470 g/mol. The average Bonchev–Trinajstić information content (AvgIpc) is 3.71. The van der Waals surface area contributed by atoms with E-state index in [1.54, 1.807) is 6.07 Å². The number of nitrogens with zero attached hydrogens (tertiary/aromatic N) is 2. The van der Waals surface area contributed by atoms with Crippen LogP contribution in [-0.4, -0.2) is 35.2 Å². The molecule has 194 valence electrons. The number of carbonyl (C=O) groups is 2. The highest BCUT2D eigenvalue weighted by molar-refractivity contribution is 5.92. The smallest absolute Gasteiger partial charge is 0.273 e. The summed E-state index contributed by atoms with van der Waals surface area (Å²) in [6, 6.07) is 17.3. The molecule has 0 bridgehead atoms. The second kappa shape index (κ2) is 12.0. The highest BCUT2D eigenvalue weighted by atomic mass is 16.7. The number of fused-ring (bicyclic) bond motifs is 1. The Kier molecular flexibility index (Phi) is 8.03. The molecule has 2 amide bonds. The third-order valence-electron chi connectivity index (χ3n) is 7.14. The molecule has 1 aliphatic heterocycles. The maximum atomic E-state index is 13.2. The predicted octanol–water partition coefficient (Wildman–Crippen LogP) is 4.88. The third-order valence-corrected chi connectivity index (χ3v) is 7.14. The van der Waals surface area contributed by atoms with Gasteiger partial charge >= 0.3 is 0 Å². The van der Waals surface area contributed by atoms with Crippen LogP contribution >= 0.6 is 0 Å². The van der Waals surface area contributed by atoms with Gasteiger partial charge in [-0.25, -0.2) is 0 Å². The molecule has 0 atom stereocenters. The lowest BCUT2D eigenvalue weighted by Gasteiger charge is -2.22. The van der Waals surface area contributed by atoms with E-state index in [4.69, 9.17) is 14.0 Å². The molecule has 1 N–H and O–H groups in total. The van der Waals surface area contributed by atoms with Crippen LogP contribution in [0, 0.1) is 5.92 Å². The van der Waals surface area contributed by atoms with E-state index >= 15 is 0 Å². The molecule has 1 aliphatic carbocycles. The van der Waals surface area contributed by atoms with E-state index in [0.717, 1.165) is 18.4 Å². The maximum absolute atomic E-state index is 13.2. The molecule has 2 aliphatic rings. The van der Waals surface area contributed by atoms with Gasteiger partial charge in [-0.3, -0.25) is 9.59 Å². The van der Waals surface area contributed by atoms with E-state index in [-0.39, 0.29) is 24.3 Å². The zero-order chi connectivity index (χ0) is 25.5. The Morgan fingerprint density at radius 3 is 2.62 bits per heavy atom. The second-order valence-electron chi connectivity index (χ2n) is 9.79. The van der Waals surface area contributed by atoms with Crippen molar-refractivity contribution >= 4 is 11.8 Å². The Morgan fingerprint density at radius 1 is 0.973 bits per heavy atom.